The van der Waals surface area contributed by atoms with E-state index in [0.29, 0.717) is 13.0 Å². The van der Waals surface area contributed by atoms with Gasteiger partial charge in [0, 0.05) is 26.2 Å². The molecular weight excluding hydrogens is 266 g/mol. The molecule has 0 saturated carbocycles. The molecule has 0 aliphatic rings. The van der Waals surface area contributed by atoms with Gasteiger partial charge in [-0.25, -0.2) is 9.59 Å². The van der Waals surface area contributed by atoms with Crippen LogP contribution in [0.15, 0.2) is 12.3 Å². The van der Waals surface area contributed by atoms with Crippen molar-refractivity contribution in [3.05, 3.63) is 18.0 Å². The van der Waals surface area contributed by atoms with Crippen LogP contribution in [0.3, 0.4) is 0 Å². The molecule has 0 unspecified atom stereocenters. The SMILES string of the molecule is Cn1ccc(CCNC(=O)N[C@@H](CC(N)=O)C(=O)O)n1. The average molecular weight is 283 g/mol. The first-order valence-electron chi connectivity index (χ1n) is 5.92. The van der Waals surface area contributed by atoms with Gasteiger partial charge in [0.2, 0.25) is 5.91 Å². The topological polar surface area (TPSA) is 139 Å². The van der Waals surface area contributed by atoms with Gasteiger partial charge in [-0.1, -0.05) is 0 Å². The van der Waals surface area contributed by atoms with Gasteiger partial charge < -0.3 is 21.5 Å². The molecule has 0 spiro atoms. The maximum absolute atomic E-state index is 11.5. The Labute approximate surface area is 115 Å². The first-order chi connectivity index (χ1) is 9.38. The van der Waals surface area contributed by atoms with Gasteiger partial charge in [-0.15, -0.1) is 0 Å². The second-order valence-corrected chi connectivity index (χ2v) is 4.19. The van der Waals surface area contributed by atoms with Gasteiger partial charge >= 0.3 is 12.0 Å². The summed E-state index contributed by atoms with van der Waals surface area (Å²) < 4.78 is 1.64. The van der Waals surface area contributed by atoms with Gasteiger partial charge in [0.05, 0.1) is 12.1 Å². The van der Waals surface area contributed by atoms with Crippen molar-refractivity contribution < 1.29 is 19.5 Å². The van der Waals surface area contributed by atoms with Gasteiger partial charge in [0.25, 0.3) is 0 Å². The van der Waals surface area contributed by atoms with Crippen molar-refractivity contribution in [1.82, 2.24) is 20.4 Å². The van der Waals surface area contributed by atoms with E-state index in [4.69, 9.17) is 10.8 Å². The van der Waals surface area contributed by atoms with E-state index in [2.05, 4.69) is 15.7 Å². The molecule has 0 radical (unpaired) electrons. The van der Waals surface area contributed by atoms with Crippen LogP contribution >= 0.6 is 0 Å². The molecule has 5 N–H and O–H groups in total. The van der Waals surface area contributed by atoms with Gasteiger partial charge in [-0.2, -0.15) is 5.10 Å². The molecule has 0 aliphatic heterocycles. The Morgan fingerprint density at radius 3 is 2.70 bits per heavy atom. The summed E-state index contributed by atoms with van der Waals surface area (Å²) in [4.78, 5) is 33.0. The molecule has 20 heavy (non-hydrogen) atoms. The van der Waals surface area contributed by atoms with Gasteiger partial charge in [-0.05, 0) is 6.07 Å². The number of hydrogen-bond donors (Lipinski definition) is 4. The molecule has 0 saturated heterocycles. The smallest absolute Gasteiger partial charge is 0.326 e. The van der Waals surface area contributed by atoms with Crippen molar-refractivity contribution in [2.24, 2.45) is 12.8 Å². The highest BCUT2D eigenvalue weighted by molar-refractivity contribution is 5.87. The largest absolute Gasteiger partial charge is 0.480 e. The molecule has 110 valence electrons. The summed E-state index contributed by atoms with van der Waals surface area (Å²) in [5.74, 6) is -2.12. The number of hydrogen-bond acceptors (Lipinski definition) is 4. The average Bonchev–Trinajstić information content (AvgIpc) is 2.73. The van der Waals surface area contributed by atoms with Crippen LogP contribution in [0.5, 0.6) is 0 Å². The fraction of sp³-hybridized carbons (Fsp3) is 0.455. The Morgan fingerprint density at radius 1 is 1.50 bits per heavy atom. The number of carbonyl (C=O) groups excluding carboxylic acids is 2. The van der Waals surface area contributed by atoms with Crippen molar-refractivity contribution in [2.75, 3.05) is 6.54 Å². The highest BCUT2D eigenvalue weighted by Crippen LogP contribution is 1.94. The number of carboxylic acid groups (broad SMARTS) is 1. The fourth-order valence-corrected chi connectivity index (χ4v) is 1.51. The number of aryl methyl sites for hydroxylation is 1. The first kappa shape index (κ1) is 15.5. The Bertz CT molecular complexity index is 499. The monoisotopic (exact) mass is 283 g/mol. The summed E-state index contributed by atoms with van der Waals surface area (Å²) in [6.45, 7) is 0.297. The normalized spacial score (nSPS) is 11.7. The standard InChI is InChI=1S/C11H17N5O4/c1-16-5-3-7(15-16)2-4-13-11(20)14-8(10(18)19)6-9(12)17/h3,5,8H,2,4,6H2,1H3,(H2,12,17)(H,18,19)(H2,13,14,20)/t8-/m0/s1. The van der Waals surface area contributed by atoms with E-state index in [1.54, 1.807) is 17.9 Å². The van der Waals surface area contributed by atoms with E-state index in [0.717, 1.165) is 5.69 Å². The first-order valence-corrected chi connectivity index (χ1v) is 5.92. The van der Waals surface area contributed by atoms with Gasteiger partial charge in [0.15, 0.2) is 0 Å². The lowest BCUT2D eigenvalue weighted by atomic mass is 10.2. The van der Waals surface area contributed by atoms with Crippen molar-refractivity contribution >= 4 is 17.9 Å². The Hall–Kier alpha value is -2.58. The highest BCUT2D eigenvalue weighted by atomic mass is 16.4. The second-order valence-electron chi connectivity index (χ2n) is 4.19. The maximum atomic E-state index is 11.5. The molecule has 0 aromatic carbocycles. The molecule has 1 aromatic rings. The third-order valence-corrected chi connectivity index (χ3v) is 2.44. The summed E-state index contributed by atoms with van der Waals surface area (Å²) in [5, 5.41) is 17.6. The van der Waals surface area contributed by atoms with E-state index in [-0.39, 0.29) is 0 Å². The zero-order valence-corrected chi connectivity index (χ0v) is 11.0. The predicted molar refractivity (Wildman–Crippen MR) is 68.7 cm³/mol. The molecular formula is C11H17N5O4. The number of nitrogens with two attached hydrogens (primary N) is 1. The van der Waals surface area contributed by atoms with Gasteiger partial charge in [0.1, 0.15) is 6.04 Å². The van der Waals surface area contributed by atoms with Crippen LogP contribution in [-0.4, -0.2) is 45.4 Å². The molecule has 0 bridgehead atoms. The second kappa shape index (κ2) is 7.12. The molecule has 3 amide bonds. The fourth-order valence-electron chi connectivity index (χ4n) is 1.51. The van der Waals surface area contributed by atoms with E-state index < -0.39 is 30.4 Å². The number of aliphatic carboxylic acids is 1. The predicted octanol–water partition coefficient (Wildman–Crippen LogP) is -1.41. The van der Waals surface area contributed by atoms with Crippen LogP contribution in [0.4, 0.5) is 4.79 Å². The Morgan fingerprint density at radius 2 is 2.20 bits per heavy atom. The number of nitrogens with one attached hydrogen (secondary N) is 2. The van der Waals surface area contributed by atoms with Crippen molar-refractivity contribution in [3.63, 3.8) is 0 Å². The summed E-state index contributed by atoms with van der Waals surface area (Å²) in [6.07, 6.45) is 1.84. The van der Waals surface area contributed by atoms with E-state index in [9.17, 15) is 14.4 Å². The lowest BCUT2D eigenvalue weighted by molar-refractivity contribution is -0.140. The highest BCUT2D eigenvalue weighted by Gasteiger charge is 2.21. The minimum atomic E-state index is -1.33. The molecule has 1 aromatic heterocycles. The molecule has 1 rings (SSSR count). The lowest BCUT2D eigenvalue weighted by Gasteiger charge is -2.13. The number of rotatable bonds is 7. The summed E-state index contributed by atoms with van der Waals surface area (Å²) in [5.41, 5.74) is 5.71. The van der Waals surface area contributed by atoms with E-state index in [1.807, 2.05) is 6.07 Å². The quantitative estimate of drug-likeness (QED) is 0.487. The van der Waals surface area contributed by atoms with Crippen molar-refractivity contribution in [2.45, 2.75) is 18.9 Å². The van der Waals surface area contributed by atoms with Crippen LogP contribution in [0.25, 0.3) is 0 Å². The third-order valence-electron chi connectivity index (χ3n) is 2.44. The third kappa shape index (κ3) is 5.38. The van der Waals surface area contributed by atoms with Crippen LogP contribution in [0, 0.1) is 0 Å². The van der Waals surface area contributed by atoms with Crippen LogP contribution in [-0.2, 0) is 23.1 Å². The number of aromatic nitrogens is 2. The zero-order valence-electron chi connectivity index (χ0n) is 11.0. The van der Waals surface area contributed by atoms with Crippen molar-refractivity contribution in [1.29, 1.82) is 0 Å². The van der Waals surface area contributed by atoms with Gasteiger partial charge in [-0.3, -0.25) is 9.48 Å². The number of primary amides is 1. The van der Waals surface area contributed by atoms with Crippen molar-refractivity contribution in [3.8, 4) is 0 Å². The number of carboxylic acids is 1. The molecule has 1 atom stereocenters. The summed E-state index contributed by atoms with van der Waals surface area (Å²) in [6, 6.07) is -0.191. The molecule has 9 nitrogen and oxygen atoms in total. The van der Waals surface area contributed by atoms with Crippen LogP contribution in [0.2, 0.25) is 0 Å². The molecule has 9 heteroatoms. The molecule has 0 fully saturated rings. The number of nitrogens with zero attached hydrogens (tertiary/aromatic N) is 2. The van der Waals surface area contributed by atoms with E-state index >= 15 is 0 Å². The molecule has 0 aliphatic carbocycles. The molecule has 1 heterocycles. The minimum Gasteiger partial charge on any atom is -0.480 e. The van der Waals surface area contributed by atoms with E-state index in [1.165, 1.54) is 0 Å². The Balaban J connectivity index is 2.34. The lowest BCUT2D eigenvalue weighted by Crippen LogP contribution is -2.48. The Kier molecular flexibility index (Phi) is 5.51. The minimum absolute atomic E-state index is 0.297. The number of carbonyl (C=O) groups is 3. The maximum Gasteiger partial charge on any atom is 0.326 e. The number of amides is 3. The zero-order chi connectivity index (χ0) is 15.1. The van der Waals surface area contributed by atoms with Crippen LogP contribution in [0.1, 0.15) is 12.1 Å². The number of urea groups is 1. The summed E-state index contributed by atoms with van der Waals surface area (Å²) >= 11 is 0. The summed E-state index contributed by atoms with van der Waals surface area (Å²) in [7, 11) is 1.78. The van der Waals surface area contributed by atoms with Crippen LogP contribution < -0.4 is 16.4 Å².